The van der Waals surface area contributed by atoms with Gasteiger partial charge in [-0.05, 0) is 46.1 Å². The predicted octanol–water partition coefficient (Wildman–Crippen LogP) is 3.31. The molecule has 1 fully saturated rings. The lowest BCUT2D eigenvalue weighted by Gasteiger charge is -2.30. The van der Waals surface area contributed by atoms with Gasteiger partial charge in [0, 0.05) is 15.4 Å². The molecule has 3 heteroatoms. The van der Waals surface area contributed by atoms with Gasteiger partial charge in [0.15, 0.2) is 0 Å². The second kappa shape index (κ2) is 3.48. The van der Waals surface area contributed by atoms with Crippen molar-refractivity contribution in [1.29, 1.82) is 0 Å². The number of rotatable bonds is 2. The molecular weight excluding hydrogens is 234 g/mol. The molecule has 2 rings (SSSR count). The zero-order valence-corrected chi connectivity index (χ0v) is 9.20. The van der Waals surface area contributed by atoms with Crippen LogP contribution in [0.1, 0.15) is 30.2 Å². The summed E-state index contributed by atoms with van der Waals surface area (Å²) < 4.78 is 1.19. The van der Waals surface area contributed by atoms with Crippen LogP contribution in [0.5, 0.6) is 0 Å². The molecule has 1 saturated carbocycles. The van der Waals surface area contributed by atoms with Gasteiger partial charge < -0.3 is 5.73 Å². The first-order valence-corrected chi connectivity index (χ1v) is 5.95. The molecule has 1 heterocycles. The highest BCUT2D eigenvalue weighted by Crippen LogP contribution is 2.40. The summed E-state index contributed by atoms with van der Waals surface area (Å²) in [7, 11) is 0. The van der Waals surface area contributed by atoms with E-state index in [4.69, 9.17) is 5.73 Å². The third kappa shape index (κ3) is 1.45. The van der Waals surface area contributed by atoms with Crippen LogP contribution >= 0.6 is 27.3 Å². The Hall–Kier alpha value is 0.140. The fourth-order valence-electron chi connectivity index (χ4n) is 1.56. The van der Waals surface area contributed by atoms with Gasteiger partial charge in [0.2, 0.25) is 0 Å². The number of hydrogen-bond donors (Lipinski definition) is 1. The lowest BCUT2D eigenvalue weighted by atomic mass is 9.79. The predicted molar refractivity (Wildman–Crippen MR) is 56.3 cm³/mol. The highest BCUT2D eigenvalue weighted by molar-refractivity contribution is 9.10. The van der Waals surface area contributed by atoms with Gasteiger partial charge in [-0.3, -0.25) is 0 Å². The van der Waals surface area contributed by atoms with Gasteiger partial charge >= 0.3 is 0 Å². The Morgan fingerprint density at radius 2 is 2.33 bits per heavy atom. The smallest absolute Gasteiger partial charge is 0.0429 e. The van der Waals surface area contributed by atoms with Gasteiger partial charge in [0.1, 0.15) is 0 Å². The monoisotopic (exact) mass is 245 g/mol. The number of thiophene rings is 1. The molecule has 0 aliphatic heterocycles. The van der Waals surface area contributed by atoms with Crippen molar-refractivity contribution in [2.75, 3.05) is 0 Å². The standard InChI is InChI=1S/C9H12BrNS/c10-7-4-5-12-9(7)8(11)6-2-1-3-6/h4-6,8H,1-3,11H2/t8-/m1/s1. The molecule has 2 N–H and O–H groups in total. The minimum atomic E-state index is 0.271. The van der Waals surface area contributed by atoms with Crippen molar-refractivity contribution in [1.82, 2.24) is 0 Å². The van der Waals surface area contributed by atoms with E-state index in [0.717, 1.165) is 5.92 Å². The van der Waals surface area contributed by atoms with Gasteiger partial charge in [-0.25, -0.2) is 0 Å². The van der Waals surface area contributed by atoms with Gasteiger partial charge in [0.05, 0.1) is 0 Å². The third-order valence-electron chi connectivity index (χ3n) is 2.61. The molecule has 1 aliphatic carbocycles. The van der Waals surface area contributed by atoms with E-state index in [1.165, 1.54) is 28.6 Å². The molecule has 0 unspecified atom stereocenters. The summed E-state index contributed by atoms with van der Waals surface area (Å²) in [4.78, 5) is 1.32. The number of nitrogens with two attached hydrogens (primary N) is 1. The Morgan fingerprint density at radius 3 is 2.75 bits per heavy atom. The van der Waals surface area contributed by atoms with Crippen LogP contribution in [0.2, 0.25) is 0 Å². The second-order valence-electron chi connectivity index (χ2n) is 3.35. The maximum Gasteiger partial charge on any atom is 0.0429 e. The summed E-state index contributed by atoms with van der Waals surface area (Å²) in [6.07, 6.45) is 3.98. The first-order valence-electron chi connectivity index (χ1n) is 4.27. The van der Waals surface area contributed by atoms with Gasteiger partial charge in [-0.1, -0.05) is 6.42 Å². The summed E-state index contributed by atoms with van der Waals surface area (Å²) >= 11 is 5.28. The summed E-state index contributed by atoms with van der Waals surface area (Å²) in [6, 6.07) is 2.35. The average Bonchev–Trinajstić information content (AvgIpc) is 2.31. The molecule has 0 bridgehead atoms. The van der Waals surface area contributed by atoms with Gasteiger partial charge in [-0.15, -0.1) is 11.3 Å². The lowest BCUT2D eigenvalue weighted by molar-refractivity contribution is 0.266. The van der Waals surface area contributed by atoms with Crippen molar-refractivity contribution in [3.8, 4) is 0 Å². The van der Waals surface area contributed by atoms with E-state index in [2.05, 4.69) is 27.4 Å². The molecule has 66 valence electrons. The van der Waals surface area contributed by atoms with Gasteiger partial charge in [-0.2, -0.15) is 0 Å². The molecule has 1 atom stereocenters. The molecule has 0 spiro atoms. The first-order chi connectivity index (χ1) is 5.79. The lowest BCUT2D eigenvalue weighted by Crippen LogP contribution is -2.26. The first kappa shape index (κ1) is 8.73. The molecular formula is C9H12BrNS. The Kier molecular flexibility index (Phi) is 2.53. The number of hydrogen-bond acceptors (Lipinski definition) is 2. The quantitative estimate of drug-likeness (QED) is 0.851. The SMILES string of the molecule is N[C@@H](c1sccc1Br)C1CCC1. The summed E-state index contributed by atoms with van der Waals surface area (Å²) in [5, 5.41) is 2.10. The molecule has 0 radical (unpaired) electrons. The van der Waals surface area contributed by atoms with E-state index >= 15 is 0 Å². The summed E-state index contributed by atoms with van der Waals surface area (Å²) in [5.41, 5.74) is 6.13. The average molecular weight is 246 g/mol. The van der Waals surface area contributed by atoms with Crippen molar-refractivity contribution in [2.45, 2.75) is 25.3 Å². The second-order valence-corrected chi connectivity index (χ2v) is 5.15. The molecule has 0 aromatic carbocycles. The Labute approximate surface area is 85.1 Å². The van der Waals surface area contributed by atoms with Gasteiger partial charge in [0.25, 0.3) is 0 Å². The van der Waals surface area contributed by atoms with Crippen LogP contribution in [0.4, 0.5) is 0 Å². The number of halogens is 1. The maximum absolute atomic E-state index is 6.13. The fourth-order valence-corrected chi connectivity index (χ4v) is 3.29. The van der Waals surface area contributed by atoms with E-state index < -0.39 is 0 Å². The fraction of sp³-hybridized carbons (Fsp3) is 0.556. The van der Waals surface area contributed by atoms with E-state index in [1.54, 1.807) is 11.3 Å². The molecule has 1 aromatic heterocycles. The van der Waals surface area contributed by atoms with Crippen LogP contribution in [-0.4, -0.2) is 0 Å². The summed E-state index contributed by atoms with van der Waals surface area (Å²) in [6.45, 7) is 0. The topological polar surface area (TPSA) is 26.0 Å². The normalized spacial score (nSPS) is 20.5. The largest absolute Gasteiger partial charge is 0.323 e. The van der Waals surface area contributed by atoms with Crippen LogP contribution in [0.25, 0.3) is 0 Å². The van der Waals surface area contributed by atoms with Crippen molar-refractivity contribution in [3.05, 3.63) is 20.8 Å². The Bertz CT molecular complexity index is 267. The van der Waals surface area contributed by atoms with E-state index in [0.29, 0.717) is 0 Å². The van der Waals surface area contributed by atoms with Crippen molar-refractivity contribution in [3.63, 3.8) is 0 Å². The van der Waals surface area contributed by atoms with Crippen LogP contribution < -0.4 is 5.73 Å². The molecule has 1 aromatic rings. The van der Waals surface area contributed by atoms with Crippen molar-refractivity contribution in [2.24, 2.45) is 11.7 Å². The van der Waals surface area contributed by atoms with Crippen molar-refractivity contribution < 1.29 is 0 Å². The minimum Gasteiger partial charge on any atom is -0.323 e. The highest BCUT2D eigenvalue weighted by atomic mass is 79.9. The Morgan fingerprint density at radius 1 is 1.58 bits per heavy atom. The minimum absolute atomic E-state index is 0.271. The van der Waals surface area contributed by atoms with Crippen LogP contribution in [0, 0.1) is 5.92 Å². The van der Waals surface area contributed by atoms with E-state index in [9.17, 15) is 0 Å². The van der Waals surface area contributed by atoms with Crippen LogP contribution in [-0.2, 0) is 0 Å². The molecule has 1 nitrogen and oxygen atoms in total. The van der Waals surface area contributed by atoms with Crippen LogP contribution in [0.15, 0.2) is 15.9 Å². The van der Waals surface area contributed by atoms with Crippen LogP contribution in [0.3, 0.4) is 0 Å². The Balaban J connectivity index is 2.13. The molecule has 1 aliphatic rings. The third-order valence-corrected chi connectivity index (χ3v) is 4.58. The maximum atomic E-state index is 6.13. The van der Waals surface area contributed by atoms with E-state index in [-0.39, 0.29) is 6.04 Å². The van der Waals surface area contributed by atoms with E-state index in [1.807, 2.05) is 0 Å². The molecule has 12 heavy (non-hydrogen) atoms. The zero-order chi connectivity index (χ0) is 8.55. The van der Waals surface area contributed by atoms with Crippen molar-refractivity contribution >= 4 is 27.3 Å². The highest BCUT2D eigenvalue weighted by Gasteiger charge is 2.27. The summed E-state index contributed by atoms with van der Waals surface area (Å²) in [5.74, 6) is 0.736. The molecule has 0 amide bonds. The molecule has 0 saturated heterocycles. The zero-order valence-electron chi connectivity index (χ0n) is 6.79.